The topological polar surface area (TPSA) is 32.8 Å². The molecule has 25 heavy (non-hydrogen) atoms. The van der Waals surface area contributed by atoms with E-state index in [1.54, 1.807) is 0 Å². The van der Waals surface area contributed by atoms with Gasteiger partial charge in [-0.05, 0) is 51.1 Å². The van der Waals surface area contributed by atoms with Crippen molar-refractivity contribution in [3.8, 4) is 0 Å². The van der Waals surface area contributed by atoms with Crippen LogP contribution in [0.5, 0.6) is 0 Å². The van der Waals surface area contributed by atoms with E-state index in [1.165, 1.54) is 11.1 Å². The molecule has 1 atom stereocenters. The number of nitrogens with zero attached hydrogens (tertiary/aromatic N) is 2. The zero-order chi connectivity index (χ0) is 17.3. The van der Waals surface area contributed by atoms with Crippen LogP contribution in [0.4, 0.5) is 0 Å². The zero-order valence-electron chi connectivity index (χ0n) is 15.4. The van der Waals surface area contributed by atoms with Crippen LogP contribution in [0, 0.1) is 12.3 Å². The van der Waals surface area contributed by atoms with Gasteiger partial charge in [-0.25, -0.2) is 0 Å². The quantitative estimate of drug-likeness (QED) is 0.847. The van der Waals surface area contributed by atoms with Gasteiger partial charge in [0.25, 0.3) is 0 Å². The molecule has 0 saturated carbocycles. The number of hydrogen-bond donors (Lipinski definition) is 0. The van der Waals surface area contributed by atoms with Crippen molar-refractivity contribution in [2.24, 2.45) is 5.41 Å². The Morgan fingerprint density at radius 2 is 2.04 bits per heavy atom. The Bertz CT molecular complexity index is 626. The Morgan fingerprint density at radius 1 is 1.20 bits per heavy atom. The first-order valence-electron chi connectivity index (χ1n) is 9.83. The van der Waals surface area contributed by atoms with E-state index in [0.717, 1.165) is 71.5 Å². The highest BCUT2D eigenvalue weighted by molar-refractivity contribution is 5.84. The third-order valence-electron chi connectivity index (χ3n) is 6.37. The Hall–Kier alpha value is -1.39. The van der Waals surface area contributed by atoms with E-state index in [2.05, 4.69) is 41.0 Å². The highest BCUT2D eigenvalue weighted by Crippen LogP contribution is 2.42. The third-order valence-corrected chi connectivity index (χ3v) is 6.37. The first-order valence-corrected chi connectivity index (χ1v) is 9.83. The SMILES string of the molecule is Cc1cccc(CN2CCCC3(CCN(C4CCOCC4)C3)C2=O)c1. The monoisotopic (exact) mass is 342 g/mol. The van der Waals surface area contributed by atoms with Crippen molar-refractivity contribution < 1.29 is 9.53 Å². The Morgan fingerprint density at radius 3 is 2.84 bits per heavy atom. The summed E-state index contributed by atoms with van der Waals surface area (Å²) in [6.45, 7) is 7.58. The number of piperidine rings is 1. The molecule has 4 heteroatoms. The number of carbonyl (C=O) groups excluding carboxylic acids is 1. The lowest BCUT2D eigenvalue weighted by molar-refractivity contribution is -0.146. The number of likely N-dealkylation sites (tertiary alicyclic amines) is 2. The fourth-order valence-corrected chi connectivity index (χ4v) is 4.98. The molecule has 0 aromatic heterocycles. The Kier molecular flexibility index (Phi) is 4.83. The van der Waals surface area contributed by atoms with Crippen LogP contribution < -0.4 is 0 Å². The van der Waals surface area contributed by atoms with Gasteiger partial charge in [0, 0.05) is 38.9 Å². The van der Waals surface area contributed by atoms with Crippen molar-refractivity contribution in [1.29, 1.82) is 0 Å². The first-order chi connectivity index (χ1) is 12.2. The third kappa shape index (κ3) is 3.47. The summed E-state index contributed by atoms with van der Waals surface area (Å²) in [4.78, 5) is 18.0. The minimum atomic E-state index is -0.125. The van der Waals surface area contributed by atoms with Crippen LogP contribution >= 0.6 is 0 Å². The summed E-state index contributed by atoms with van der Waals surface area (Å²) in [7, 11) is 0. The molecule has 3 saturated heterocycles. The standard InChI is InChI=1S/C21H30N2O2/c1-17-4-2-5-18(14-17)15-22-10-3-8-21(20(22)24)9-11-23(16-21)19-6-12-25-13-7-19/h2,4-5,14,19H,3,6-13,15-16H2,1H3. The summed E-state index contributed by atoms with van der Waals surface area (Å²) in [5.74, 6) is 0.398. The predicted octanol–water partition coefficient (Wildman–Crippen LogP) is 2.99. The van der Waals surface area contributed by atoms with Crippen LogP contribution in [0.15, 0.2) is 24.3 Å². The smallest absolute Gasteiger partial charge is 0.230 e. The predicted molar refractivity (Wildman–Crippen MR) is 98.3 cm³/mol. The molecule has 4 rings (SSSR count). The molecule has 1 amide bonds. The minimum Gasteiger partial charge on any atom is -0.381 e. The van der Waals surface area contributed by atoms with Gasteiger partial charge in [-0.15, -0.1) is 0 Å². The number of rotatable bonds is 3. The molecule has 1 aromatic carbocycles. The number of hydrogen-bond acceptors (Lipinski definition) is 3. The maximum absolute atomic E-state index is 13.3. The number of amides is 1. The normalized spacial score (nSPS) is 28.8. The van der Waals surface area contributed by atoms with E-state index in [-0.39, 0.29) is 5.41 Å². The number of benzene rings is 1. The summed E-state index contributed by atoms with van der Waals surface area (Å²) >= 11 is 0. The maximum atomic E-state index is 13.3. The van der Waals surface area contributed by atoms with Gasteiger partial charge in [0.15, 0.2) is 0 Å². The summed E-state index contributed by atoms with van der Waals surface area (Å²) < 4.78 is 5.51. The number of ether oxygens (including phenoxy) is 1. The van der Waals surface area contributed by atoms with Gasteiger partial charge in [-0.3, -0.25) is 9.69 Å². The fraction of sp³-hybridized carbons (Fsp3) is 0.667. The molecule has 3 heterocycles. The van der Waals surface area contributed by atoms with E-state index < -0.39 is 0 Å². The van der Waals surface area contributed by atoms with Gasteiger partial charge in [0.2, 0.25) is 5.91 Å². The van der Waals surface area contributed by atoms with E-state index in [4.69, 9.17) is 4.74 Å². The molecule has 3 aliphatic heterocycles. The maximum Gasteiger partial charge on any atom is 0.230 e. The summed E-state index contributed by atoms with van der Waals surface area (Å²) in [5, 5.41) is 0. The first kappa shape index (κ1) is 17.0. The molecule has 3 aliphatic rings. The van der Waals surface area contributed by atoms with Gasteiger partial charge in [-0.1, -0.05) is 29.8 Å². The second-order valence-electron chi connectivity index (χ2n) is 8.16. The fourth-order valence-electron chi connectivity index (χ4n) is 4.98. The van der Waals surface area contributed by atoms with Crippen molar-refractivity contribution >= 4 is 5.91 Å². The second-order valence-corrected chi connectivity index (χ2v) is 8.16. The van der Waals surface area contributed by atoms with Crippen LogP contribution in [-0.4, -0.2) is 54.6 Å². The second kappa shape index (κ2) is 7.08. The number of carbonyl (C=O) groups is 1. The minimum absolute atomic E-state index is 0.125. The highest BCUT2D eigenvalue weighted by Gasteiger charge is 2.49. The van der Waals surface area contributed by atoms with Crippen molar-refractivity contribution in [2.75, 3.05) is 32.8 Å². The molecule has 0 N–H and O–H groups in total. The molecule has 1 aromatic rings. The molecule has 136 valence electrons. The molecule has 1 spiro atoms. The average molecular weight is 342 g/mol. The van der Waals surface area contributed by atoms with Gasteiger partial charge < -0.3 is 9.64 Å². The van der Waals surface area contributed by atoms with E-state index in [1.807, 2.05) is 0 Å². The average Bonchev–Trinajstić information content (AvgIpc) is 3.05. The Balaban J connectivity index is 1.44. The molecule has 4 nitrogen and oxygen atoms in total. The Labute approximate surface area is 151 Å². The van der Waals surface area contributed by atoms with Crippen LogP contribution in [0.1, 0.15) is 43.2 Å². The lowest BCUT2D eigenvalue weighted by atomic mass is 9.78. The summed E-state index contributed by atoms with van der Waals surface area (Å²) in [5.41, 5.74) is 2.40. The van der Waals surface area contributed by atoms with E-state index in [9.17, 15) is 4.79 Å². The molecule has 0 aliphatic carbocycles. The number of aryl methyl sites for hydroxylation is 1. The molecule has 3 fully saturated rings. The van der Waals surface area contributed by atoms with Crippen molar-refractivity contribution in [1.82, 2.24) is 9.80 Å². The van der Waals surface area contributed by atoms with Crippen LogP contribution in [0.25, 0.3) is 0 Å². The van der Waals surface area contributed by atoms with Gasteiger partial charge in [-0.2, -0.15) is 0 Å². The van der Waals surface area contributed by atoms with Gasteiger partial charge in [0.1, 0.15) is 0 Å². The van der Waals surface area contributed by atoms with Crippen molar-refractivity contribution in [3.63, 3.8) is 0 Å². The van der Waals surface area contributed by atoms with Crippen molar-refractivity contribution in [2.45, 2.75) is 51.6 Å². The van der Waals surface area contributed by atoms with Gasteiger partial charge >= 0.3 is 0 Å². The van der Waals surface area contributed by atoms with Crippen LogP contribution in [0.3, 0.4) is 0 Å². The molecular formula is C21H30N2O2. The highest BCUT2D eigenvalue weighted by atomic mass is 16.5. The van der Waals surface area contributed by atoms with Crippen molar-refractivity contribution in [3.05, 3.63) is 35.4 Å². The molecule has 0 bridgehead atoms. The molecular weight excluding hydrogens is 312 g/mol. The van der Waals surface area contributed by atoms with Gasteiger partial charge in [0.05, 0.1) is 5.41 Å². The largest absolute Gasteiger partial charge is 0.381 e. The van der Waals surface area contributed by atoms with E-state index in [0.29, 0.717) is 11.9 Å². The molecule has 0 radical (unpaired) electrons. The van der Waals surface area contributed by atoms with Crippen LogP contribution in [0.2, 0.25) is 0 Å². The summed E-state index contributed by atoms with van der Waals surface area (Å²) in [6, 6.07) is 9.18. The van der Waals surface area contributed by atoms with Crippen LogP contribution in [-0.2, 0) is 16.1 Å². The molecule has 1 unspecified atom stereocenters. The lowest BCUT2D eigenvalue weighted by Crippen LogP contribution is -2.50. The van der Waals surface area contributed by atoms with E-state index >= 15 is 0 Å². The zero-order valence-corrected chi connectivity index (χ0v) is 15.4. The lowest BCUT2D eigenvalue weighted by Gasteiger charge is -2.40. The summed E-state index contributed by atoms with van der Waals surface area (Å²) in [6.07, 6.45) is 5.48.